The summed E-state index contributed by atoms with van der Waals surface area (Å²) in [5, 5.41) is 13.2. The van der Waals surface area contributed by atoms with Crippen LogP contribution in [0.2, 0.25) is 0 Å². The molecule has 0 amide bonds. The van der Waals surface area contributed by atoms with Gasteiger partial charge in [-0.15, -0.1) is 0 Å². The second-order valence-electron chi connectivity index (χ2n) is 9.32. The minimum Gasteiger partial charge on any atom is -0.359 e. The molecule has 3 N–H and O–H groups in total. The summed E-state index contributed by atoms with van der Waals surface area (Å²) < 4.78 is 13.9. The molecule has 5 aromatic rings. The van der Waals surface area contributed by atoms with Crippen molar-refractivity contribution in [3.8, 4) is 22.5 Å². The quantitative estimate of drug-likeness (QED) is 0.176. The van der Waals surface area contributed by atoms with Gasteiger partial charge in [0.05, 0.1) is 11.2 Å². The van der Waals surface area contributed by atoms with Crippen LogP contribution in [-0.4, -0.2) is 15.2 Å². The van der Waals surface area contributed by atoms with Crippen LogP contribution in [0.5, 0.6) is 0 Å². The molecular weight excluding hydrogens is 471 g/mol. The lowest BCUT2D eigenvalue weighted by molar-refractivity contribution is 0.628. The monoisotopic (exact) mass is 502 g/mol. The first-order chi connectivity index (χ1) is 18.5. The Morgan fingerprint density at radius 3 is 2.63 bits per heavy atom. The zero-order valence-corrected chi connectivity index (χ0v) is 21.7. The fourth-order valence-electron chi connectivity index (χ4n) is 4.80. The number of rotatable bonds is 9. The molecule has 4 nitrogen and oxygen atoms in total. The summed E-state index contributed by atoms with van der Waals surface area (Å²) in [6.07, 6.45) is 7.93. The number of fused-ring (bicyclic) bond motifs is 2. The fourth-order valence-corrected chi connectivity index (χ4v) is 4.80. The highest BCUT2D eigenvalue weighted by Gasteiger charge is 2.15. The van der Waals surface area contributed by atoms with E-state index in [2.05, 4.69) is 77.0 Å². The van der Waals surface area contributed by atoms with Crippen molar-refractivity contribution in [1.29, 1.82) is 0 Å². The summed E-state index contributed by atoms with van der Waals surface area (Å²) in [6, 6.07) is 21.1. The van der Waals surface area contributed by atoms with Crippen LogP contribution in [0.1, 0.15) is 32.3 Å². The third-order valence-corrected chi connectivity index (χ3v) is 6.67. The fraction of sp³-hybridized carbons (Fsp3) is 0.121. The number of hydrogen-bond acceptors (Lipinski definition) is 2. The number of allylic oxidation sites excluding steroid dienone is 5. The molecule has 0 saturated heterocycles. The number of nitrogens with one attached hydrogen (secondary N) is 3. The molecule has 190 valence electrons. The van der Waals surface area contributed by atoms with Crippen molar-refractivity contribution >= 4 is 27.4 Å². The Morgan fingerprint density at radius 1 is 1.03 bits per heavy atom. The minimum absolute atomic E-state index is 0.251. The van der Waals surface area contributed by atoms with E-state index < -0.39 is 0 Å². The first-order valence-corrected chi connectivity index (χ1v) is 12.8. The molecule has 2 aromatic heterocycles. The van der Waals surface area contributed by atoms with E-state index in [0.717, 1.165) is 79.7 Å². The molecule has 0 spiro atoms. The lowest BCUT2D eigenvalue weighted by Gasteiger charge is -2.11. The SMILES string of the molecule is C=C/C(=C\C(=C/C)c1ccc2[nH]nc(-c3cc4c(-c5cccc(F)c5)cccc4[nH]3)c2c1)NC(=C)CCC. The van der Waals surface area contributed by atoms with Gasteiger partial charge in [0.25, 0.3) is 0 Å². The lowest BCUT2D eigenvalue weighted by atomic mass is 10.0. The first-order valence-electron chi connectivity index (χ1n) is 12.8. The van der Waals surface area contributed by atoms with Gasteiger partial charge in [-0.2, -0.15) is 5.10 Å². The number of hydrogen-bond donors (Lipinski definition) is 3. The van der Waals surface area contributed by atoms with Gasteiger partial charge in [0.1, 0.15) is 11.5 Å². The van der Waals surface area contributed by atoms with Crippen molar-refractivity contribution < 1.29 is 4.39 Å². The standard InChI is InChI=1S/C33H31FN4/c1-5-10-21(4)35-26(7-3)18-22(6-2)23-15-16-31-29(19-23)33(38-37-31)32-20-28-27(13-9-14-30(28)36-32)24-11-8-12-25(34)17-24/h6-9,11-20,35-36H,3-5,10H2,1-2H3,(H,37,38)/b22-6+,26-18+. The van der Waals surface area contributed by atoms with Crippen molar-refractivity contribution in [3.05, 3.63) is 121 Å². The molecule has 0 bridgehead atoms. The molecular formula is C33H31FN4. The highest BCUT2D eigenvalue weighted by molar-refractivity contribution is 6.01. The van der Waals surface area contributed by atoms with E-state index >= 15 is 0 Å². The van der Waals surface area contributed by atoms with Crippen molar-refractivity contribution in [3.63, 3.8) is 0 Å². The molecule has 38 heavy (non-hydrogen) atoms. The van der Waals surface area contributed by atoms with Crippen LogP contribution in [0, 0.1) is 5.82 Å². The van der Waals surface area contributed by atoms with Gasteiger partial charge < -0.3 is 10.3 Å². The van der Waals surface area contributed by atoms with E-state index in [9.17, 15) is 4.39 Å². The van der Waals surface area contributed by atoms with Gasteiger partial charge in [-0.05, 0) is 84.2 Å². The van der Waals surface area contributed by atoms with E-state index in [1.165, 1.54) is 6.07 Å². The zero-order chi connectivity index (χ0) is 26.6. The Labute approximate surface area is 222 Å². The second-order valence-corrected chi connectivity index (χ2v) is 9.32. The molecule has 0 atom stereocenters. The van der Waals surface area contributed by atoms with Gasteiger partial charge in [0, 0.05) is 27.7 Å². The van der Waals surface area contributed by atoms with Crippen LogP contribution in [0.15, 0.2) is 110 Å². The summed E-state index contributed by atoms with van der Waals surface area (Å²) in [5.41, 5.74) is 9.48. The molecule has 5 rings (SSSR count). The van der Waals surface area contributed by atoms with Crippen LogP contribution in [0.4, 0.5) is 4.39 Å². The third kappa shape index (κ3) is 4.96. The predicted molar refractivity (Wildman–Crippen MR) is 158 cm³/mol. The third-order valence-electron chi connectivity index (χ3n) is 6.67. The maximum atomic E-state index is 13.9. The lowest BCUT2D eigenvalue weighted by Crippen LogP contribution is -2.10. The average molecular weight is 503 g/mol. The van der Waals surface area contributed by atoms with E-state index in [-0.39, 0.29) is 5.82 Å². The van der Waals surface area contributed by atoms with Crippen LogP contribution >= 0.6 is 0 Å². The van der Waals surface area contributed by atoms with Gasteiger partial charge in [-0.25, -0.2) is 4.39 Å². The first kappa shape index (κ1) is 25.0. The Morgan fingerprint density at radius 2 is 1.87 bits per heavy atom. The van der Waals surface area contributed by atoms with Crippen molar-refractivity contribution in [1.82, 2.24) is 20.5 Å². The number of benzene rings is 3. The molecule has 0 aliphatic rings. The molecule has 0 aliphatic heterocycles. The Bertz CT molecular complexity index is 1710. The average Bonchev–Trinajstić information content (AvgIpc) is 3.54. The number of H-pyrrole nitrogens is 2. The topological polar surface area (TPSA) is 56.5 Å². The van der Waals surface area contributed by atoms with Gasteiger partial charge >= 0.3 is 0 Å². The van der Waals surface area contributed by atoms with Gasteiger partial charge in [0.2, 0.25) is 0 Å². The normalized spacial score (nSPS) is 12.3. The maximum Gasteiger partial charge on any atom is 0.123 e. The molecule has 0 unspecified atom stereocenters. The summed E-state index contributed by atoms with van der Waals surface area (Å²) in [5.74, 6) is -0.251. The number of halogens is 1. The number of aromatic nitrogens is 3. The molecule has 0 radical (unpaired) electrons. The van der Waals surface area contributed by atoms with Crippen molar-refractivity contribution in [2.24, 2.45) is 0 Å². The van der Waals surface area contributed by atoms with E-state index in [1.807, 2.05) is 37.3 Å². The summed E-state index contributed by atoms with van der Waals surface area (Å²) in [4.78, 5) is 3.52. The molecule has 0 fully saturated rings. The largest absolute Gasteiger partial charge is 0.359 e. The van der Waals surface area contributed by atoms with Gasteiger partial charge in [-0.3, -0.25) is 5.10 Å². The highest BCUT2D eigenvalue weighted by Crippen LogP contribution is 2.35. The predicted octanol–water partition coefficient (Wildman–Crippen LogP) is 8.89. The Balaban J connectivity index is 1.55. The van der Waals surface area contributed by atoms with E-state index in [0.29, 0.717) is 0 Å². The van der Waals surface area contributed by atoms with Crippen molar-refractivity contribution in [2.75, 3.05) is 0 Å². The van der Waals surface area contributed by atoms with Crippen LogP contribution in [0.3, 0.4) is 0 Å². The second kappa shape index (κ2) is 10.8. The number of nitrogens with zero attached hydrogens (tertiary/aromatic N) is 1. The van der Waals surface area contributed by atoms with Crippen LogP contribution in [0.25, 0.3) is 49.9 Å². The van der Waals surface area contributed by atoms with Gasteiger partial charge in [0.15, 0.2) is 0 Å². The molecule has 5 heteroatoms. The van der Waals surface area contributed by atoms with Crippen LogP contribution < -0.4 is 5.32 Å². The summed E-state index contributed by atoms with van der Waals surface area (Å²) in [7, 11) is 0. The minimum atomic E-state index is -0.251. The molecule has 3 aromatic carbocycles. The smallest absolute Gasteiger partial charge is 0.123 e. The zero-order valence-electron chi connectivity index (χ0n) is 21.7. The molecule has 2 heterocycles. The Kier molecular flexibility index (Phi) is 7.09. The van der Waals surface area contributed by atoms with Crippen molar-refractivity contribution in [2.45, 2.75) is 26.7 Å². The Hall–Kier alpha value is -4.64. The van der Waals surface area contributed by atoms with Crippen LogP contribution in [-0.2, 0) is 0 Å². The highest BCUT2D eigenvalue weighted by atomic mass is 19.1. The maximum absolute atomic E-state index is 13.9. The summed E-state index contributed by atoms with van der Waals surface area (Å²) >= 11 is 0. The molecule has 0 saturated carbocycles. The number of aromatic amines is 2. The van der Waals surface area contributed by atoms with E-state index in [4.69, 9.17) is 0 Å². The molecule has 0 aliphatic carbocycles. The van der Waals surface area contributed by atoms with E-state index in [1.54, 1.807) is 12.1 Å². The summed E-state index contributed by atoms with van der Waals surface area (Å²) in [6.45, 7) is 12.2. The van der Waals surface area contributed by atoms with Gasteiger partial charge in [-0.1, -0.05) is 62.9 Å².